The van der Waals surface area contributed by atoms with E-state index in [4.69, 9.17) is 15.9 Å². The predicted octanol–water partition coefficient (Wildman–Crippen LogP) is 1.71. The molecule has 0 aliphatic rings. The maximum atomic E-state index is 7.75. The van der Waals surface area contributed by atoms with Gasteiger partial charge in [0.25, 0.3) is 0 Å². The smallest absolute Gasteiger partial charge is 0.157 e. The Labute approximate surface area is 89.3 Å². The van der Waals surface area contributed by atoms with Crippen LogP contribution < -0.4 is 10.5 Å². The van der Waals surface area contributed by atoms with Crippen LogP contribution in [0.4, 0.5) is 0 Å². The molecule has 1 aromatic rings. The fourth-order valence-corrected chi connectivity index (χ4v) is 1.35. The van der Waals surface area contributed by atoms with Crippen LogP contribution in [0.15, 0.2) is 23.2 Å². The SMILES string of the molecule is COc1c(C)cccc1C(=N)N=C(C)N. The fraction of sp³-hybridized carbons (Fsp3) is 0.273. The summed E-state index contributed by atoms with van der Waals surface area (Å²) in [7, 11) is 1.58. The van der Waals surface area contributed by atoms with Gasteiger partial charge < -0.3 is 10.5 Å². The van der Waals surface area contributed by atoms with E-state index in [9.17, 15) is 0 Å². The Morgan fingerprint density at radius 3 is 2.67 bits per heavy atom. The number of methoxy groups -OCH3 is 1. The molecule has 4 nitrogen and oxygen atoms in total. The van der Waals surface area contributed by atoms with E-state index in [1.165, 1.54) is 0 Å². The molecule has 0 saturated heterocycles. The van der Waals surface area contributed by atoms with Crippen LogP contribution in [0.5, 0.6) is 5.75 Å². The number of rotatable bonds is 2. The largest absolute Gasteiger partial charge is 0.496 e. The number of amidine groups is 2. The number of hydrogen-bond donors (Lipinski definition) is 2. The maximum absolute atomic E-state index is 7.75. The van der Waals surface area contributed by atoms with E-state index >= 15 is 0 Å². The molecular weight excluding hydrogens is 190 g/mol. The molecule has 15 heavy (non-hydrogen) atoms. The molecule has 4 heteroatoms. The molecule has 0 saturated carbocycles. The number of para-hydroxylation sites is 1. The monoisotopic (exact) mass is 205 g/mol. The van der Waals surface area contributed by atoms with Crippen LogP contribution in [0.25, 0.3) is 0 Å². The van der Waals surface area contributed by atoms with Gasteiger partial charge in [-0.1, -0.05) is 12.1 Å². The minimum absolute atomic E-state index is 0.121. The zero-order chi connectivity index (χ0) is 11.4. The Morgan fingerprint density at radius 2 is 2.13 bits per heavy atom. The Morgan fingerprint density at radius 1 is 1.47 bits per heavy atom. The average Bonchev–Trinajstić information content (AvgIpc) is 2.16. The zero-order valence-corrected chi connectivity index (χ0v) is 9.16. The van der Waals surface area contributed by atoms with Crippen molar-refractivity contribution < 1.29 is 4.74 Å². The molecule has 80 valence electrons. The highest BCUT2D eigenvalue weighted by atomic mass is 16.5. The van der Waals surface area contributed by atoms with E-state index in [1.54, 1.807) is 20.1 Å². The molecule has 3 N–H and O–H groups in total. The summed E-state index contributed by atoms with van der Waals surface area (Å²) in [5.74, 6) is 1.16. The maximum Gasteiger partial charge on any atom is 0.157 e. The molecule has 0 heterocycles. The van der Waals surface area contributed by atoms with Gasteiger partial charge in [0.05, 0.1) is 18.5 Å². The fourth-order valence-electron chi connectivity index (χ4n) is 1.35. The summed E-state index contributed by atoms with van der Waals surface area (Å²) in [6.07, 6.45) is 0. The molecular formula is C11H15N3O. The molecule has 0 radical (unpaired) electrons. The van der Waals surface area contributed by atoms with Gasteiger partial charge in [0.2, 0.25) is 0 Å². The standard InChI is InChI=1S/C11H15N3O/c1-7-5-4-6-9(10(7)15-3)11(13)14-8(2)12/h4-6H,1-3H3,(H3,12,13,14). The third-order valence-corrected chi connectivity index (χ3v) is 1.96. The lowest BCUT2D eigenvalue weighted by Crippen LogP contribution is -2.10. The van der Waals surface area contributed by atoms with E-state index in [-0.39, 0.29) is 5.84 Å². The van der Waals surface area contributed by atoms with Crippen molar-refractivity contribution in [1.29, 1.82) is 5.41 Å². The number of hydrogen-bond acceptors (Lipinski definition) is 2. The third-order valence-electron chi connectivity index (χ3n) is 1.96. The summed E-state index contributed by atoms with van der Waals surface area (Å²) in [5.41, 5.74) is 7.06. The van der Waals surface area contributed by atoms with Crippen LogP contribution in [-0.2, 0) is 0 Å². The van der Waals surface area contributed by atoms with Crippen LogP contribution in [0.3, 0.4) is 0 Å². The summed E-state index contributed by atoms with van der Waals surface area (Å²) in [5, 5.41) is 7.75. The third kappa shape index (κ3) is 2.56. The highest BCUT2D eigenvalue weighted by Gasteiger charge is 2.09. The number of aryl methyl sites for hydroxylation is 1. The first kappa shape index (κ1) is 11.2. The normalized spacial score (nSPS) is 11.3. The molecule has 0 atom stereocenters. The first-order valence-electron chi connectivity index (χ1n) is 4.59. The molecule has 0 aliphatic carbocycles. The lowest BCUT2D eigenvalue weighted by atomic mass is 10.1. The highest BCUT2D eigenvalue weighted by molar-refractivity contribution is 6.05. The second-order valence-corrected chi connectivity index (χ2v) is 3.26. The second-order valence-electron chi connectivity index (χ2n) is 3.26. The van der Waals surface area contributed by atoms with Gasteiger partial charge in [-0.05, 0) is 25.5 Å². The van der Waals surface area contributed by atoms with Gasteiger partial charge in [-0.15, -0.1) is 0 Å². The molecule has 0 spiro atoms. The second kappa shape index (κ2) is 4.59. The Balaban J connectivity index is 3.20. The van der Waals surface area contributed by atoms with Crippen molar-refractivity contribution in [3.63, 3.8) is 0 Å². The highest BCUT2D eigenvalue weighted by Crippen LogP contribution is 2.23. The van der Waals surface area contributed by atoms with Gasteiger partial charge in [0.1, 0.15) is 5.75 Å². The van der Waals surface area contributed by atoms with E-state index in [0.717, 1.165) is 5.56 Å². The number of nitrogens with one attached hydrogen (secondary N) is 1. The quantitative estimate of drug-likeness (QED) is 0.570. The van der Waals surface area contributed by atoms with Gasteiger partial charge in [-0.2, -0.15) is 0 Å². The average molecular weight is 205 g/mol. The zero-order valence-electron chi connectivity index (χ0n) is 9.16. The van der Waals surface area contributed by atoms with Crippen molar-refractivity contribution in [2.75, 3.05) is 7.11 Å². The van der Waals surface area contributed by atoms with E-state index in [2.05, 4.69) is 4.99 Å². The van der Waals surface area contributed by atoms with Gasteiger partial charge in [-0.3, -0.25) is 5.41 Å². The number of aliphatic imine (C=N–C) groups is 1. The number of ether oxygens (including phenoxy) is 1. The van der Waals surface area contributed by atoms with Crippen molar-refractivity contribution in [2.45, 2.75) is 13.8 Å². The lowest BCUT2D eigenvalue weighted by molar-refractivity contribution is 0.411. The van der Waals surface area contributed by atoms with Crippen molar-refractivity contribution in [2.24, 2.45) is 10.7 Å². The Bertz CT molecular complexity index is 406. The van der Waals surface area contributed by atoms with Gasteiger partial charge >= 0.3 is 0 Å². The minimum atomic E-state index is 0.121. The van der Waals surface area contributed by atoms with Crippen molar-refractivity contribution in [3.05, 3.63) is 29.3 Å². The van der Waals surface area contributed by atoms with Gasteiger partial charge in [-0.25, -0.2) is 4.99 Å². The molecule has 0 fully saturated rings. The summed E-state index contributed by atoms with van der Waals surface area (Å²) >= 11 is 0. The molecule has 0 aliphatic heterocycles. The molecule has 0 amide bonds. The molecule has 0 aromatic heterocycles. The summed E-state index contributed by atoms with van der Waals surface area (Å²) in [6.45, 7) is 3.57. The van der Waals surface area contributed by atoms with Crippen LogP contribution in [0.1, 0.15) is 18.1 Å². The van der Waals surface area contributed by atoms with E-state index < -0.39 is 0 Å². The molecule has 1 rings (SSSR count). The van der Waals surface area contributed by atoms with E-state index in [1.807, 2.05) is 19.1 Å². The van der Waals surface area contributed by atoms with Crippen LogP contribution >= 0.6 is 0 Å². The first-order valence-corrected chi connectivity index (χ1v) is 4.59. The van der Waals surface area contributed by atoms with Gasteiger partial charge in [0, 0.05) is 0 Å². The summed E-state index contributed by atoms with van der Waals surface area (Å²) in [6, 6.07) is 5.58. The molecule has 0 bridgehead atoms. The topological polar surface area (TPSA) is 71.5 Å². The lowest BCUT2D eigenvalue weighted by Gasteiger charge is -2.09. The predicted molar refractivity (Wildman–Crippen MR) is 61.9 cm³/mol. The first-order chi connectivity index (χ1) is 7.06. The Hall–Kier alpha value is -1.84. The minimum Gasteiger partial charge on any atom is -0.496 e. The molecule has 0 unspecified atom stereocenters. The van der Waals surface area contributed by atoms with Crippen molar-refractivity contribution in [1.82, 2.24) is 0 Å². The van der Waals surface area contributed by atoms with Gasteiger partial charge in [0.15, 0.2) is 5.84 Å². The van der Waals surface area contributed by atoms with Crippen LogP contribution in [0, 0.1) is 12.3 Å². The summed E-state index contributed by atoms with van der Waals surface area (Å²) in [4.78, 5) is 3.90. The Kier molecular flexibility index (Phi) is 3.44. The number of nitrogens with zero attached hydrogens (tertiary/aromatic N) is 1. The van der Waals surface area contributed by atoms with Crippen molar-refractivity contribution in [3.8, 4) is 5.75 Å². The summed E-state index contributed by atoms with van der Waals surface area (Å²) < 4.78 is 5.23. The number of benzene rings is 1. The number of nitrogens with two attached hydrogens (primary N) is 1. The van der Waals surface area contributed by atoms with Crippen LogP contribution in [0.2, 0.25) is 0 Å². The van der Waals surface area contributed by atoms with Crippen LogP contribution in [-0.4, -0.2) is 18.8 Å². The van der Waals surface area contributed by atoms with Crippen molar-refractivity contribution >= 4 is 11.7 Å². The van der Waals surface area contributed by atoms with E-state index in [0.29, 0.717) is 17.1 Å². The molecule has 1 aromatic carbocycles.